The number of phosphoric acid groups is 1. The molecule has 0 saturated carbocycles. The third-order valence-corrected chi connectivity index (χ3v) is 1.69. The van der Waals surface area contributed by atoms with Crippen molar-refractivity contribution in [1.82, 2.24) is 0 Å². The zero-order valence-electron chi connectivity index (χ0n) is 11.7. The molecule has 0 fully saturated rings. The molecule has 0 unspecified atom stereocenters. The van der Waals surface area contributed by atoms with Crippen LogP contribution in [0.3, 0.4) is 0 Å². The van der Waals surface area contributed by atoms with Gasteiger partial charge in [0.2, 0.25) is 5.75 Å². The SMILES string of the molecule is O.O.O.O.O.O.O=[N+]([O-])c1ccccc1OP(=O)([O-])[O-].[Na+].[Na+]. The van der Waals surface area contributed by atoms with Crippen molar-refractivity contribution in [3.05, 3.63) is 34.4 Å². The zero-order chi connectivity index (χ0) is 10.8. The fourth-order valence-electron chi connectivity index (χ4n) is 0.806. The van der Waals surface area contributed by atoms with E-state index < -0.39 is 24.2 Å². The van der Waals surface area contributed by atoms with Gasteiger partial charge in [-0.15, -0.1) is 0 Å². The number of para-hydroxylation sites is 2. The second-order valence-electron chi connectivity index (χ2n) is 2.26. The molecule has 1 aromatic carbocycles. The Hall–Kier alpha value is 0.330. The van der Waals surface area contributed by atoms with Crippen molar-refractivity contribution in [2.24, 2.45) is 0 Å². The van der Waals surface area contributed by atoms with Crippen molar-refractivity contribution in [1.29, 1.82) is 0 Å². The number of nitro groups is 1. The van der Waals surface area contributed by atoms with E-state index in [1.54, 1.807) is 0 Å². The first kappa shape index (κ1) is 49.5. The van der Waals surface area contributed by atoms with E-state index >= 15 is 0 Å². The number of nitro benzene ring substituents is 1. The molecule has 0 aliphatic rings. The molecule has 0 spiro atoms. The molecule has 0 aromatic heterocycles. The minimum Gasteiger partial charge on any atom is -0.780 e. The summed E-state index contributed by atoms with van der Waals surface area (Å²) in [5.41, 5.74) is -0.570. The van der Waals surface area contributed by atoms with Crippen LogP contribution in [0.4, 0.5) is 5.69 Å². The van der Waals surface area contributed by atoms with Crippen molar-refractivity contribution >= 4 is 13.5 Å². The summed E-state index contributed by atoms with van der Waals surface area (Å²) < 4.78 is 14.1. The Morgan fingerprint density at radius 3 is 1.59 bits per heavy atom. The van der Waals surface area contributed by atoms with Crippen LogP contribution in [0.5, 0.6) is 5.75 Å². The van der Waals surface area contributed by atoms with Gasteiger partial charge in [0.05, 0.1) is 4.92 Å². The van der Waals surface area contributed by atoms with Crippen molar-refractivity contribution in [3.63, 3.8) is 0 Å². The molecule has 0 amide bonds. The Bertz CT molecular complexity index is 414. The molecule has 124 valence electrons. The van der Waals surface area contributed by atoms with Gasteiger partial charge in [-0.25, -0.2) is 0 Å². The first-order valence-corrected chi connectivity index (χ1v) is 4.81. The fraction of sp³-hybridized carbons (Fsp3) is 0. The van der Waals surface area contributed by atoms with E-state index in [1.165, 1.54) is 12.1 Å². The van der Waals surface area contributed by atoms with Gasteiger partial charge in [-0.1, -0.05) is 12.1 Å². The average Bonchev–Trinajstić information content (AvgIpc) is 2.01. The molecule has 1 aromatic rings. The van der Waals surface area contributed by atoms with Crippen LogP contribution in [-0.4, -0.2) is 37.8 Å². The maximum Gasteiger partial charge on any atom is 1.00 e. The Morgan fingerprint density at radius 2 is 1.27 bits per heavy atom. The quantitative estimate of drug-likeness (QED) is 0.214. The smallest absolute Gasteiger partial charge is 0.780 e. The van der Waals surface area contributed by atoms with Gasteiger partial charge < -0.3 is 51.7 Å². The largest absolute Gasteiger partial charge is 1.00 e. The summed E-state index contributed by atoms with van der Waals surface area (Å²) in [6.07, 6.45) is 0. The summed E-state index contributed by atoms with van der Waals surface area (Å²) in [5.74, 6) is -0.578. The normalized spacial score (nSPS) is 7.00. The van der Waals surface area contributed by atoms with Crippen LogP contribution in [0.2, 0.25) is 0 Å². The molecule has 22 heavy (non-hydrogen) atoms. The van der Waals surface area contributed by atoms with Crippen molar-refractivity contribution in [2.45, 2.75) is 0 Å². The topological polar surface area (TPSA) is 305 Å². The third kappa shape index (κ3) is 18.4. The molecule has 0 aliphatic carbocycles. The Balaban J connectivity index is -0.0000000408. The van der Waals surface area contributed by atoms with Crippen LogP contribution >= 0.6 is 7.82 Å². The number of hydrogen-bond donors (Lipinski definition) is 0. The van der Waals surface area contributed by atoms with E-state index in [9.17, 15) is 24.5 Å². The van der Waals surface area contributed by atoms with Crippen LogP contribution in [0.1, 0.15) is 0 Å². The average molecular weight is 371 g/mol. The van der Waals surface area contributed by atoms with Gasteiger partial charge in [0.1, 0.15) is 7.82 Å². The number of hydrogen-bond acceptors (Lipinski definition) is 6. The van der Waals surface area contributed by atoms with Gasteiger partial charge in [0.25, 0.3) is 0 Å². The first-order valence-electron chi connectivity index (χ1n) is 3.35. The molecular weight excluding hydrogens is 355 g/mol. The minimum absolute atomic E-state index is 0. The molecule has 0 atom stereocenters. The first-order chi connectivity index (χ1) is 6.40. The number of rotatable bonds is 3. The molecule has 0 saturated heterocycles. The summed E-state index contributed by atoms with van der Waals surface area (Å²) in [6, 6.07) is 4.70. The van der Waals surface area contributed by atoms with E-state index in [0.29, 0.717) is 0 Å². The van der Waals surface area contributed by atoms with Crippen molar-refractivity contribution < 1.29 is 116 Å². The van der Waals surface area contributed by atoms with Crippen molar-refractivity contribution in [2.75, 3.05) is 0 Å². The molecule has 16 heteroatoms. The molecular formula is C6H16NNa2O12P. The summed E-state index contributed by atoms with van der Waals surface area (Å²) in [6.45, 7) is 0. The van der Waals surface area contributed by atoms with Gasteiger partial charge in [-0.3, -0.25) is 10.1 Å². The van der Waals surface area contributed by atoms with Crippen LogP contribution < -0.4 is 73.4 Å². The molecule has 1 rings (SSSR count). The standard InChI is InChI=1S/C6H6NO6P.2Na.6H2O/c8-7(9)5-3-1-2-4-6(5)13-14(10,11)12;;;;;;;;/h1-4H,(H2,10,11,12);;;6*1H2/q;2*+1;;;;;;/p-2. The second kappa shape index (κ2) is 21.3. The summed E-state index contributed by atoms with van der Waals surface area (Å²) in [7, 11) is -5.26. The molecule has 0 radical (unpaired) electrons. The molecule has 0 aliphatic heterocycles. The number of nitrogens with zero attached hydrogens (tertiary/aromatic N) is 1. The van der Waals surface area contributed by atoms with E-state index in [-0.39, 0.29) is 92.0 Å². The van der Waals surface area contributed by atoms with E-state index in [0.717, 1.165) is 12.1 Å². The van der Waals surface area contributed by atoms with Crippen LogP contribution in [0.15, 0.2) is 24.3 Å². The fourth-order valence-corrected chi connectivity index (χ4v) is 1.20. The third-order valence-electron chi connectivity index (χ3n) is 1.27. The minimum atomic E-state index is -5.26. The molecule has 0 heterocycles. The van der Waals surface area contributed by atoms with Crippen molar-refractivity contribution in [3.8, 4) is 5.75 Å². The number of phosphoric ester groups is 1. The predicted octanol–water partition coefficient (Wildman–Crippen LogP) is -11.1. The van der Waals surface area contributed by atoms with Gasteiger partial charge in [0.15, 0.2) is 0 Å². The summed E-state index contributed by atoms with van der Waals surface area (Å²) in [5, 5.41) is 10.3. The van der Waals surface area contributed by atoms with Gasteiger partial charge in [-0.05, 0) is 6.07 Å². The molecule has 12 N–H and O–H groups in total. The van der Waals surface area contributed by atoms with Gasteiger partial charge >= 0.3 is 64.8 Å². The van der Waals surface area contributed by atoms with Crippen LogP contribution in [0, 0.1) is 10.1 Å². The maximum atomic E-state index is 10.3. The Kier molecular flexibility index (Phi) is 48.0. The van der Waals surface area contributed by atoms with Gasteiger partial charge in [0, 0.05) is 6.07 Å². The van der Waals surface area contributed by atoms with E-state index in [4.69, 9.17) is 0 Å². The summed E-state index contributed by atoms with van der Waals surface area (Å²) in [4.78, 5) is 29.9. The number of benzene rings is 1. The van der Waals surface area contributed by atoms with E-state index in [2.05, 4.69) is 4.52 Å². The second-order valence-corrected chi connectivity index (χ2v) is 3.34. The summed E-state index contributed by atoms with van der Waals surface area (Å²) >= 11 is 0. The Morgan fingerprint density at radius 1 is 0.909 bits per heavy atom. The molecule has 13 nitrogen and oxygen atoms in total. The van der Waals surface area contributed by atoms with Gasteiger partial charge in [-0.2, -0.15) is 0 Å². The Labute approximate surface area is 168 Å². The van der Waals surface area contributed by atoms with Crippen LogP contribution in [-0.2, 0) is 4.57 Å². The monoisotopic (exact) mass is 371 g/mol. The zero-order valence-corrected chi connectivity index (χ0v) is 16.5. The van der Waals surface area contributed by atoms with E-state index in [1.807, 2.05) is 0 Å². The predicted molar refractivity (Wildman–Crippen MR) is 63.0 cm³/mol. The molecule has 0 bridgehead atoms. The van der Waals surface area contributed by atoms with Crippen LogP contribution in [0.25, 0.3) is 0 Å². The maximum absolute atomic E-state index is 10.3.